The smallest absolute Gasteiger partial charge is 0.150 e. The van der Waals surface area contributed by atoms with Gasteiger partial charge in [0.15, 0.2) is 9.84 Å². The first kappa shape index (κ1) is 13.2. The van der Waals surface area contributed by atoms with Gasteiger partial charge in [-0.25, -0.2) is 8.42 Å². The molecule has 0 N–H and O–H groups in total. The summed E-state index contributed by atoms with van der Waals surface area (Å²) in [5, 5.41) is 0.682. The standard InChI is InChI=1S/C12H14Cl2O2S/c13-7-12(9-1-3-11(14)4-2-9)10-5-6-17(15,16)8-10/h1-4,10,12H,5-8H2. The molecule has 5 heteroatoms. The largest absolute Gasteiger partial charge is 0.229 e. The number of sulfone groups is 1. The van der Waals surface area contributed by atoms with E-state index in [4.69, 9.17) is 23.2 Å². The maximum absolute atomic E-state index is 11.5. The highest BCUT2D eigenvalue weighted by atomic mass is 35.5. The lowest BCUT2D eigenvalue weighted by atomic mass is 9.87. The van der Waals surface area contributed by atoms with Crippen molar-refractivity contribution < 1.29 is 8.42 Å². The van der Waals surface area contributed by atoms with Crippen LogP contribution in [-0.4, -0.2) is 25.8 Å². The molecule has 2 unspecified atom stereocenters. The van der Waals surface area contributed by atoms with Crippen LogP contribution < -0.4 is 0 Å². The monoisotopic (exact) mass is 292 g/mol. The molecule has 0 bridgehead atoms. The highest BCUT2D eigenvalue weighted by molar-refractivity contribution is 7.91. The van der Waals surface area contributed by atoms with Crippen LogP contribution in [-0.2, 0) is 9.84 Å². The average molecular weight is 293 g/mol. The van der Waals surface area contributed by atoms with Gasteiger partial charge in [0.2, 0.25) is 0 Å². The van der Waals surface area contributed by atoms with Gasteiger partial charge in [-0.2, -0.15) is 0 Å². The van der Waals surface area contributed by atoms with Crippen molar-refractivity contribution in [1.29, 1.82) is 0 Å². The van der Waals surface area contributed by atoms with E-state index in [1.54, 1.807) is 0 Å². The fourth-order valence-electron chi connectivity index (χ4n) is 2.34. The van der Waals surface area contributed by atoms with Gasteiger partial charge in [0.1, 0.15) is 0 Å². The summed E-state index contributed by atoms with van der Waals surface area (Å²) in [4.78, 5) is 0. The third-order valence-electron chi connectivity index (χ3n) is 3.30. The van der Waals surface area contributed by atoms with E-state index >= 15 is 0 Å². The fraction of sp³-hybridized carbons (Fsp3) is 0.500. The zero-order valence-electron chi connectivity index (χ0n) is 9.27. The second-order valence-corrected chi connectivity index (χ2v) is 7.45. The molecule has 1 aromatic rings. The first-order valence-electron chi connectivity index (χ1n) is 5.54. The number of hydrogen-bond donors (Lipinski definition) is 0. The Balaban J connectivity index is 2.20. The van der Waals surface area contributed by atoms with Crippen LogP contribution in [0.15, 0.2) is 24.3 Å². The second kappa shape index (κ2) is 5.17. The minimum atomic E-state index is -2.85. The van der Waals surface area contributed by atoms with Crippen molar-refractivity contribution in [2.75, 3.05) is 17.4 Å². The van der Waals surface area contributed by atoms with Gasteiger partial charge in [-0.3, -0.25) is 0 Å². The maximum atomic E-state index is 11.5. The van der Waals surface area contributed by atoms with Gasteiger partial charge < -0.3 is 0 Å². The van der Waals surface area contributed by atoms with E-state index in [0.717, 1.165) is 5.56 Å². The molecule has 2 nitrogen and oxygen atoms in total. The predicted octanol–water partition coefficient (Wildman–Crippen LogP) is 3.10. The topological polar surface area (TPSA) is 34.1 Å². The molecule has 1 saturated heterocycles. The molecule has 2 rings (SSSR count). The zero-order chi connectivity index (χ0) is 12.5. The molecular formula is C12H14Cl2O2S. The van der Waals surface area contributed by atoms with E-state index in [2.05, 4.69) is 0 Å². The zero-order valence-corrected chi connectivity index (χ0v) is 11.6. The second-order valence-electron chi connectivity index (χ2n) is 4.48. The number of halogens is 2. The van der Waals surface area contributed by atoms with Crippen LogP contribution in [0.2, 0.25) is 5.02 Å². The van der Waals surface area contributed by atoms with E-state index in [0.29, 0.717) is 23.1 Å². The van der Waals surface area contributed by atoms with Crippen molar-refractivity contribution >= 4 is 33.0 Å². The molecule has 1 heterocycles. The fourth-order valence-corrected chi connectivity index (χ4v) is 4.77. The van der Waals surface area contributed by atoms with E-state index in [1.807, 2.05) is 24.3 Å². The molecule has 94 valence electrons. The third kappa shape index (κ3) is 3.15. The van der Waals surface area contributed by atoms with Crippen LogP contribution in [0.5, 0.6) is 0 Å². The number of hydrogen-bond acceptors (Lipinski definition) is 2. The minimum Gasteiger partial charge on any atom is -0.229 e. The normalized spacial score (nSPS) is 24.7. The highest BCUT2D eigenvalue weighted by Crippen LogP contribution is 2.34. The van der Waals surface area contributed by atoms with Gasteiger partial charge in [-0.15, -0.1) is 11.6 Å². The Kier molecular flexibility index (Phi) is 4.01. The van der Waals surface area contributed by atoms with Crippen LogP contribution in [0.4, 0.5) is 0 Å². The summed E-state index contributed by atoms with van der Waals surface area (Å²) < 4.78 is 23.0. The molecule has 1 aliphatic rings. The predicted molar refractivity (Wildman–Crippen MR) is 71.7 cm³/mol. The lowest BCUT2D eigenvalue weighted by molar-refractivity contribution is 0.501. The number of alkyl halides is 1. The third-order valence-corrected chi connectivity index (χ3v) is 5.68. The average Bonchev–Trinajstić information content (AvgIpc) is 2.63. The molecular weight excluding hydrogens is 279 g/mol. The molecule has 1 aromatic carbocycles. The molecule has 0 aromatic heterocycles. The highest BCUT2D eigenvalue weighted by Gasteiger charge is 2.33. The quantitative estimate of drug-likeness (QED) is 0.803. The molecule has 0 aliphatic carbocycles. The first-order valence-corrected chi connectivity index (χ1v) is 8.27. The van der Waals surface area contributed by atoms with E-state index in [-0.39, 0.29) is 17.6 Å². The molecule has 17 heavy (non-hydrogen) atoms. The van der Waals surface area contributed by atoms with Gasteiger partial charge in [0, 0.05) is 16.8 Å². The van der Waals surface area contributed by atoms with Crippen LogP contribution >= 0.6 is 23.2 Å². The van der Waals surface area contributed by atoms with Crippen LogP contribution in [0.1, 0.15) is 17.9 Å². The maximum Gasteiger partial charge on any atom is 0.150 e. The van der Waals surface area contributed by atoms with E-state index < -0.39 is 9.84 Å². The van der Waals surface area contributed by atoms with Gasteiger partial charge in [-0.05, 0) is 30.0 Å². The van der Waals surface area contributed by atoms with Crippen molar-refractivity contribution in [3.63, 3.8) is 0 Å². The Labute approximate surface area is 112 Å². The Bertz CT molecular complexity index is 482. The van der Waals surface area contributed by atoms with E-state index in [1.165, 1.54) is 0 Å². The Morgan fingerprint density at radius 2 is 1.94 bits per heavy atom. The van der Waals surface area contributed by atoms with Gasteiger partial charge in [0.25, 0.3) is 0 Å². The lowest BCUT2D eigenvalue weighted by Crippen LogP contribution is -2.16. The van der Waals surface area contributed by atoms with E-state index in [9.17, 15) is 8.42 Å². The SMILES string of the molecule is O=S1(=O)CCC(C(CCl)c2ccc(Cl)cc2)C1. The summed E-state index contributed by atoms with van der Waals surface area (Å²) in [6, 6.07) is 7.50. The van der Waals surface area contributed by atoms with Crippen molar-refractivity contribution in [2.45, 2.75) is 12.3 Å². The molecule has 1 fully saturated rings. The molecule has 1 aliphatic heterocycles. The Morgan fingerprint density at radius 3 is 2.41 bits per heavy atom. The molecule has 0 spiro atoms. The van der Waals surface area contributed by atoms with Crippen molar-refractivity contribution in [1.82, 2.24) is 0 Å². The summed E-state index contributed by atoms with van der Waals surface area (Å²) in [5.41, 5.74) is 1.08. The molecule has 0 amide bonds. The molecule has 0 radical (unpaired) electrons. The molecule has 2 atom stereocenters. The van der Waals surface area contributed by atoms with Crippen LogP contribution in [0.25, 0.3) is 0 Å². The molecule has 0 saturated carbocycles. The minimum absolute atomic E-state index is 0.103. The van der Waals surface area contributed by atoms with Gasteiger partial charge in [0.05, 0.1) is 11.5 Å². The van der Waals surface area contributed by atoms with Crippen molar-refractivity contribution in [3.8, 4) is 0 Å². The van der Waals surface area contributed by atoms with Crippen LogP contribution in [0.3, 0.4) is 0 Å². The van der Waals surface area contributed by atoms with Crippen LogP contribution in [0, 0.1) is 5.92 Å². The lowest BCUT2D eigenvalue weighted by Gasteiger charge is -2.20. The summed E-state index contributed by atoms with van der Waals surface area (Å²) in [7, 11) is -2.85. The van der Waals surface area contributed by atoms with Gasteiger partial charge >= 0.3 is 0 Å². The number of rotatable bonds is 3. The van der Waals surface area contributed by atoms with Crippen molar-refractivity contribution in [2.24, 2.45) is 5.92 Å². The Hall–Kier alpha value is -0.250. The summed E-state index contributed by atoms with van der Waals surface area (Å²) >= 11 is 11.8. The summed E-state index contributed by atoms with van der Waals surface area (Å²) in [5.74, 6) is 1.23. The summed E-state index contributed by atoms with van der Waals surface area (Å²) in [6.45, 7) is 0. The summed E-state index contributed by atoms with van der Waals surface area (Å²) in [6.07, 6.45) is 0.711. The first-order chi connectivity index (χ1) is 8.02. The van der Waals surface area contributed by atoms with Gasteiger partial charge in [-0.1, -0.05) is 23.7 Å². The Morgan fingerprint density at radius 1 is 1.29 bits per heavy atom. The van der Waals surface area contributed by atoms with Crippen molar-refractivity contribution in [3.05, 3.63) is 34.9 Å². The number of benzene rings is 1.